The number of aromatic nitrogens is 2. The maximum Gasteiger partial charge on any atom is 0.233 e. The molecule has 0 fully saturated rings. The number of nitrogens with one attached hydrogen (secondary N) is 2. The zero-order valence-electron chi connectivity index (χ0n) is 9.00. The number of carbonyl (C=O) groups excluding carboxylic acids is 1. The van der Waals surface area contributed by atoms with Gasteiger partial charge in [0.1, 0.15) is 0 Å². The molecule has 0 aliphatic heterocycles. The van der Waals surface area contributed by atoms with Crippen LogP contribution < -0.4 is 16.4 Å². The van der Waals surface area contributed by atoms with E-state index in [1.165, 1.54) is 11.5 Å². The third-order valence-corrected chi connectivity index (χ3v) is 2.65. The zero-order chi connectivity index (χ0) is 11.5. The Kier molecular flexibility index (Phi) is 3.46. The van der Waals surface area contributed by atoms with Crippen molar-refractivity contribution in [2.24, 2.45) is 5.41 Å². The van der Waals surface area contributed by atoms with E-state index in [1.54, 1.807) is 7.05 Å². The van der Waals surface area contributed by atoms with Gasteiger partial charge in [-0.3, -0.25) is 4.79 Å². The molecule has 0 spiro atoms. The second-order valence-electron chi connectivity index (χ2n) is 3.77. The van der Waals surface area contributed by atoms with Crippen molar-refractivity contribution in [1.29, 1.82) is 0 Å². The van der Waals surface area contributed by atoms with Gasteiger partial charge in [-0.1, -0.05) is 0 Å². The number of amides is 1. The molecule has 0 saturated carbocycles. The van der Waals surface area contributed by atoms with Crippen LogP contribution in [0.3, 0.4) is 0 Å². The highest BCUT2D eigenvalue weighted by Gasteiger charge is 2.26. The summed E-state index contributed by atoms with van der Waals surface area (Å²) < 4.78 is 3.83. The Bertz CT molecular complexity index is 349. The summed E-state index contributed by atoms with van der Waals surface area (Å²) in [4.78, 5) is 15.4. The summed E-state index contributed by atoms with van der Waals surface area (Å²) in [5.41, 5.74) is 4.88. The summed E-state index contributed by atoms with van der Waals surface area (Å²) in [5, 5.41) is 6.26. The fraction of sp³-hybridized carbons (Fsp3) is 0.625. The van der Waals surface area contributed by atoms with Crippen LogP contribution >= 0.6 is 11.5 Å². The predicted molar refractivity (Wildman–Crippen MR) is 60.7 cm³/mol. The molecule has 1 amide bonds. The Labute approximate surface area is 92.4 Å². The van der Waals surface area contributed by atoms with Crippen molar-refractivity contribution in [2.45, 2.75) is 13.8 Å². The number of nitrogens with zero attached hydrogens (tertiary/aromatic N) is 2. The minimum Gasteiger partial charge on any atom is -0.367 e. The molecule has 0 unspecified atom stereocenters. The van der Waals surface area contributed by atoms with Crippen LogP contribution in [0.4, 0.5) is 11.1 Å². The molecule has 0 radical (unpaired) electrons. The van der Waals surface area contributed by atoms with Gasteiger partial charge in [0.25, 0.3) is 0 Å². The molecule has 0 atom stereocenters. The highest BCUT2D eigenvalue weighted by Crippen LogP contribution is 2.18. The van der Waals surface area contributed by atoms with Crippen molar-refractivity contribution in [3.63, 3.8) is 0 Å². The van der Waals surface area contributed by atoms with Gasteiger partial charge in [0.05, 0.1) is 5.41 Å². The number of hydrogen-bond donors (Lipinski definition) is 3. The van der Waals surface area contributed by atoms with Gasteiger partial charge in [-0.15, -0.1) is 0 Å². The molecule has 84 valence electrons. The van der Waals surface area contributed by atoms with Crippen LogP contribution in [-0.2, 0) is 4.79 Å². The van der Waals surface area contributed by atoms with E-state index in [9.17, 15) is 4.79 Å². The van der Waals surface area contributed by atoms with Gasteiger partial charge in [0, 0.05) is 25.1 Å². The summed E-state index contributed by atoms with van der Waals surface area (Å²) in [6, 6.07) is 0. The third kappa shape index (κ3) is 3.05. The Morgan fingerprint density at radius 3 is 2.73 bits per heavy atom. The Balaban J connectivity index is 2.53. The number of rotatable bonds is 4. The second kappa shape index (κ2) is 4.43. The Hall–Kier alpha value is -1.37. The lowest BCUT2D eigenvalue weighted by atomic mass is 9.92. The predicted octanol–water partition coefficient (Wildman–Crippen LogP) is 0.304. The molecule has 0 bridgehead atoms. The van der Waals surface area contributed by atoms with Gasteiger partial charge in [0.2, 0.25) is 17.0 Å². The first-order valence-electron chi connectivity index (χ1n) is 4.51. The van der Waals surface area contributed by atoms with Crippen LogP contribution in [0.25, 0.3) is 0 Å². The first-order chi connectivity index (χ1) is 6.95. The summed E-state index contributed by atoms with van der Waals surface area (Å²) in [5.74, 6) is 0.229. The molecule has 0 saturated heterocycles. The van der Waals surface area contributed by atoms with Gasteiger partial charge in [-0.25, -0.2) is 0 Å². The van der Waals surface area contributed by atoms with Crippen molar-refractivity contribution in [3.05, 3.63) is 0 Å². The molecule has 1 aromatic rings. The van der Waals surface area contributed by atoms with Gasteiger partial charge in [0.15, 0.2) is 0 Å². The first kappa shape index (κ1) is 11.7. The van der Waals surface area contributed by atoms with Crippen LogP contribution in [0.5, 0.6) is 0 Å². The molecule has 6 nitrogen and oxygen atoms in total. The lowest BCUT2D eigenvalue weighted by Gasteiger charge is -2.22. The normalized spacial score (nSPS) is 11.1. The highest BCUT2D eigenvalue weighted by molar-refractivity contribution is 7.09. The smallest absolute Gasteiger partial charge is 0.233 e. The van der Waals surface area contributed by atoms with E-state index < -0.39 is 5.41 Å². The first-order valence-corrected chi connectivity index (χ1v) is 5.28. The molecule has 0 aliphatic carbocycles. The second-order valence-corrected chi connectivity index (χ2v) is 4.53. The van der Waals surface area contributed by atoms with E-state index in [0.717, 1.165) is 0 Å². The summed E-state index contributed by atoms with van der Waals surface area (Å²) in [6.07, 6.45) is 0. The van der Waals surface area contributed by atoms with Crippen molar-refractivity contribution in [2.75, 3.05) is 24.6 Å². The van der Waals surface area contributed by atoms with Crippen LogP contribution in [0.2, 0.25) is 0 Å². The quantitative estimate of drug-likeness (QED) is 0.690. The van der Waals surface area contributed by atoms with Gasteiger partial charge in [-0.2, -0.15) is 9.36 Å². The fourth-order valence-corrected chi connectivity index (χ4v) is 1.51. The lowest BCUT2D eigenvalue weighted by molar-refractivity contribution is -0.128. The van der Waals surface area contributed by atoms with Crippen molar-refractivity contribution < 1.29 is 4.79 Å². The summed E-state index contributed by atoms with van der Waals surface area (Å²) >= 11 is 1.18. The third-order valence-electron chi connectivity index (χ3n) is 1.97. The minimum absolute atomic E-state index is 0.0208. The Morgan fingerprint density at radius 2 is 2.27 bits per heavy atom. The van der Waals surface area contributed by atoms with Crippen LogP contribution in [0, 0.1) is 5.41 Å². The molecule has 1 aromatic heterocycles. The van der Waals surface area contributed by atoms with E-state index in [-0.39, 0.29) is 11.9 Å². The molecule has 0 aromatic carbocycles. The van der Waals surface area contributed by atoms with E-state index in [4.69, 9.17) is 5.73 Å². The molecule has 4 N–H and O–H groups in total. The topological polar surface area (TPSA) is 92.9 Å². The van der Waals surface area contributed by atoms with Crippen LogP contribution in [0.15, 0.2) is 0 Å². The van der Waals surface area contributed by atoms with Gasteiger partial charge >= 0.3 is 0 Å². The highest BCUT2D eigenvalue weighted by atomic mass is 32.1. The average Bonchev–Trinajstić information content (AvgIpc) is 2.60. The Morgan fingerprint density at radius 1 is 1.60 bits per heavy atom. The monoisotopic (exact) mass is 229 g/mol. The van der Waals surface area contributed by atoms with E-state index in [2.05, 4.69) is 20.0 Å². The maximum atomic E-state index is 11.5. The van der Waals surface area contributed by atoms with Gasteiger partial charge in [-0.05, 0) is 13.8 Å². The number of hydrogen-bond acceptors (Lipinski definition) is 6. The largest absolute Gasteiger partial charge is 0.367 e. The zero-order valence-corrected chi connectivity index (χ0v) is 9.81. The number of anilines is 2. The molecule has 7 heteroatoms. The van der Waals surface area contributed by atoms with E-state index in [0.29, 0.717) is 11.7 Å². The lowest BCUT2D eigenvalue weighted by Crippen LogP contribution is -2.39. The molecule has 0 aliphatic rings. The average molecular weight is 229 g/mol. The number of nitrogen functional groups attached to an aromatic ring is 1. The SMILES string of the molecule is CNC(=O)C(C)(C)CNc1nc(N)ns1. The molecular weight excluding hydrogens is 214 g/mol. The van der Waals surface area contributed by atoms with Crippen LogP contribution in [0.1, 0.15) is 13.8 Å². The fourth-order valence-electron chi connectivity index (χ4n) is 1.02. The summed E-state index contributed by atoms with van der Waals surface area (Å²) in [7, 11) is 1.62. The molecular formula is C8H15N5OS. The van der Waals surface area contributed by atoms with Gasteiger partial charge < -0.3 is 16.4 Å². The van der Waals surface area contributed by atoms with E-state index in [1.807, 2.05) is 13.8 Å². The number of nitrogens with two attached hydrogens (primary N) is 1. The standard InChI is InChI=1S/C8H15N5OS/c1-8(2,5(14)10-3)4-11-7-12-6(9)13-15-7/h4H2,1-3H3,(H,10,14)(H3,9,11,12,13). The van der Waals surface area contributed by atoms with E-state index >= 15 is 0 Å². The molecule has 1 rings (SSSR count). The maximum absolute atomic E-state index is 11.5. The van der Waals surface area contributed by atoms with Crippen molar-refractivity contribution in [1.82, 2.24) is 14.7 Å². The van der Waals surface area contributed by atoms with Crippen molar-refractivity contribution >= 4 is 28.5 Å². The van der Waals surface area contributed by atoms with Crippen molar-refractivity contribution in [3.8, 4) is 0 Å². The summed E-state index contributed by atoms with van der Waals surface area (Å²) in [6.45, 7) is 4.19. The number of carbonyl (C=O) groups is 1. The van der Waals surface area contributed by atoms with Crippen LogP contribution in [-0.4, -0.2) is 28.9 Å². The molecule has 1 heterocycles. The molecule has 15 heavy (non-hydrogen) atoms. The minimum atomic E-state index is -0.491.